The van der Waals surface area contributed by atoms with E-state index in [-0.39, 0.29) is 17.3 Å². The Morgan fingerprint density at radius 3 is 2.48 bits per heavy atom. The summed E-state index contributed by atoms with van der Waals surface area (Å²) in [6.45, 7) is 1.21. The molecule has 6 nitrogen and oxygen atoms in total. The predicted octanol–water partition coefficient (Wildman–Crippen LogP) is 4.18. The van der Waals surface area contributed by atoms with Gasteiger partial charge in [0.05, 0.1) is 11.6 Å². The lowest BCUT2D eigenvalue weighted by molar-refractivity contribution is -0.0497. The van der Waals surface area contributed by atoms with E-state index in [1.54, 1.807) is 11.7 Å². The van der Waals surface area contributed by atoms with Crippen molar-refractivity contribution in [1.82, 2.24) is 9.47 Å². The minimum absolute atomic E-state index is 0.0132. The SMILES string of the molecule is COC1CCC(C)(N2CCC(n3c(=O)oc4ccc(OC(F)F)cc43)CC2)CC1. The summed E-state index contributed by atoms with van der Waals surface area (Å²) in [5, 5.41) is 0. The summed E-state index contributed by atoms with van der Waals surface area (Å²) in [7, 11) is 1.78. The maximum atomic E-state index is 12.6. The van der Waals surface area contributed by atoms with E-state index < -0.39 is 12.4 Å². The number of oxazole rings is 1. The van der Waals surface area contributed by atoms with Gasteiger partial charge in [-0.25, -0.2) is 4.79 Å². The molecule has 0 amide bonds. The molecule has 1 aromatic heterocycles. The zero-order chi connectivity index (χ0) is 20.6. The van der Waals surface area contributed by atoms with E-state index in [0.717, 1.165) is 51.6 Å². The quantitative estimate of drug-likeness (QED) is 0.740. The third-order valence-corrected chi connectivity index (χ3v) is 6.75. The molecule has 1 saturated carbocycles. The molecule has 0 spiro atoms. The van der Waals surface area contributed by atoms with E-state index in [1.807, 2.05) is 0 Å². The molecule has 2 aliphatic rings. The number of methoxy groups -OCH3 is 1. The van der Waals surface area contributed by atoms with Gasteiger partial charge in [-0.1, -0.05) is 0 Å². The first kappa shape index (κ1) is 20.3. The van der Waals surface area contributed by atoms with Crippen LogP contribution in [0.4, 0.5) is 8.78 Å². The first-order valence-electron chi connectivity index (χ1n) is 10.3. The molecule has 2 fully saturated rings. The van der Waals surface area contributed by atoms with Crippen molar-refractivity contribution in [3.8, 4) is 5.75 Å². The van der Waals surface area contributed by atoms with Crippen LogP contribution in [0.25, 0.3) is 11.1 Å². The second-order valence-corrected chi connectivity index (χ2v) is 8.40. The second-order valence-electron chi connectivity index (χ2n) is 8.40. The fourth-order valence-corrected chi connectivity index (χ4v) is 4.96. The summed E-state index contributed by atoms with van der Waals surface area (Å²) in [5.41, 5.74) is 1.07. The topological polar surface area (TPSA) is 56.8 Å². The van der Waals surface area contributed by atoms with Gasteiger partial charge in [-0.05, 0) is 57.6 Å². The number of hydrogen-bond donors (Lipinski definition) is 0. The molecule has 1 aliphatic carbocycles. The Kier molecular flexibility index (Phi) is 5.66. The fraction of sp³-hybridized carbons (Fsp3) is 0.667. The van der Waals surface area contributed by atoms with Crippen LogP contribution in [0.2, 0.25) is 0 Å². The van der Waals surface area contributed by atoms with Gasteiger partial charge in [0.1, 0.15) is 5.75 Å². The van der Waals surface area contributed by atoms with Crippen LogP contribution in [0.1, 0.15) is 51.5 Å². The number of aromatic nitrogens is 1. The van der Waals surface area contributed by atoms with Crippen molar-refractivity contribution < 1.29 is 22.7 Å². The third-order valence-electron chi connectivity index (χ3n) is 6.75. The van der Waals surface area contributed by atoms with Gasteiger partial charge in [0.15, 0.2) is 5.58 Å². The number of rotatable bonds is 5. The van der Waals surface area contributed by atoms with Crippen molar-refractivity contribution in [2.75, 3.05) is 20.2 Å². The highest BCUT2D eigenvalue weighted by molar-refractivity contribution is 5.75. The zero-order valence-corrected chi connectivity index (χ0v) is 16.9. The van der Waals surface area contributed by atoms with Gasteiger partial charge >= 0.3 is 12.4 Å². The summed E-state index contributed by atoms with van der Waals surface area (Å²) in [4.78, 5) is 15.0. The smallest absolute Gasteiger partial charge is 0.420 e. The summed E-state index contributed by atoms with van der Waals surface area (Å²) in [6.07, 6.45) is 6.37. The standard InChI is InChI=1S/C21H28F2N2O4/c1-21(9-5-15(27-2)6-10-21)24-11-7-14(8-12-24)25-17-13-16(28-19(22)23)3-4-18(17)29-20(25)26/h3-4,13-15,19H,5-12H2,1-2H3. The monoisotopic (exact) mass is 410 g/mol. The molecule has 4 rings (SSSR count). The molecule has 0 unspecified atom stereocenters. The number of hydrogen-bond acceptors (Lipinski definition) is 5. The van der Waals surface area contributed by atoms with Crippen LogP contribution in [-0.2, 0) is 4.74 Å². The van der Waals surface area contributed by atoms with Gasteiger partial charge < -0.3 is 13.9 Å². The lowest BCUT2D eigenvalue weighted by atomic mass is 9.79. The third kappa shape index (κ3) is 4.05. The molecule has 8 heteroatoms. The average molecular weight is 410 g/mol. The number of nitrogens with zero attached hydrogens (tertiary/aromatic N) is 2. The molecule has 0 N–H and O–H groups in total. The second kappa shape index (κ2) is 8.07. The summed E-state index contributed by atoms with van der Waals surface area (Å²) in [6, 6.07) is 4.35. The highest BCUT2D eigenvalue weighted by atomic mass is 19.3. The Bertz CT molecular complexity index is 894. The Morgan fingerprint density at radius 2 is 1.86 bits per heavy atom. The number of piperidine rings is 1. The number of ether oxygens (including phenoxy) is 2. The number of alkyl halides is 2. The molecule has 0 radical (unpaired) electrons. The van der Waals surface area contributed by atoms with Crippen LogP contribution < -0.4 is 10.5 Å². The van der Waals surface area contributed by atoms with Gasteiger partial charge in [0.2, 0.25) is 0 Å². The van der Waals surface area contributed by atoms with E-state index in [2.05, 4.69) is 16.6 Å². The van der Waals surface area contributed by atoms with E-state index in [9.17, 15) is 13.6 Å². The zero-order valence-electron chi connectivity index (χ0n) is 16.9. The number of benzene rings is 1. The lowest BCUT2D eigenvalue weighted by Crippen LogP contribution is -2.52. The molecule has 1 aromatic carbocycles. The largest absolute Gasteiger partial charge is 0.435 e. The van der Waals surface area contributed by atoms with Crippen molar-refractivity contribution >= 4 is 11.1 Å². The van der Waals surface area contributed by atoms with Crippen LogP contribution in [0.15, 0.2) is 27.4 Å². The van der Waals surface area contributed by atoms with Crippen LogP contribution in [0.3, 0.4) is 0 Å². The van der Waals surface area contributed by atoms with Crippen molar-refractivity contribution in [1.29, 1.82) is 0 Å². The van der Waals surface area contributed by atoms with E-state index in [0.29, 0.717) is 17.2 Å². The first-order valence-corrected chi connectivity index (χ1v) is 10.3. The first-order chi connectivity index (χ1) is 13.9. The molecule has 160 valence electrons. The maximum absolute atomic E-state index is 12.6. The lowest BCUT2D eigenvalue weighted by Gasteiger charge is -2.48. The summed E-state index contributed by atoms with van der Waals surface area (Å²) < 4.78 is 42.0. The molecule has 1 aliphatic heterocycles. The van der Waals surface area contributed by atoms with Crippen molar-refractivity contribution in [2.45, 2.75) is 69.7 Å². The number of likely N-dealkylation sites (tertiary alicyclic amines) is 1. The number of fused-ring (bicyclic) bond motifs is 1. The molecule has 29 heavy (non-hydrogen) atoms. The van der Waals surface area contributed by atoms with Crippen LogP contribution in [0.5, 0.6) is 5.75 Å². The predicted molar refractivity (Wildman–Crippen MR) is 105 cm³/mol. The highest BCUT2D eigenvalue weighted by Crippen LogP contribution is 2.38. The van der Waals surface area contributed by atoms with Crippen LogP contribution in [-0.4, -0.2) is 47.9 Å². The maximum Gasteiger partial charge on any atom is 0.420 e. The van der Waals surface area contributed by atoms with Crippen molar-refractivity contribution in [3.63, 3.8) is 0 Å². The van der Waals surface area contributed by atoms with Crippen molar-refractivity contribution in [3.05, 3.63) is 28.7 Å². The molecule has 1 saturated heterocycles. The Labute approximate surface area is 168 Å². The summed E-state index contributed by atoms with van der Waals surface area (Å²) >= 11 is 0. The van der Waals surface area contributed by atoms with Gasteiger partial charge in [0.25, 0.3) is 0 Å². The Balaban J connectivity index is 1.49. The molecule has 2 heterocycles. The van der Waals surface area contributed by atoms with Crippen molar-refractivity contribution in [2.24, 2.45) is 0 Å². The normalized spacial score (nSPS) is 27.0. The molecular formula is C21H28F2N2O4. The Hall–Kier alpha value is -1.93. The Morgan fingerprint density at radius 1 is 1.17 bits per heavy atom. The number of halogens is 2. The van der Waals surface area contributed by atoms with E-state index in [4.69, 9.17) is 9.15 Å². The van der Waals surface area contributed by atoms with Gasteiger partial charge in [-0.3, -0.25) is 9.47 Å². The fourth-order valence-electron chi connectivity index (χ4n) is 4.96. The van der Waals surface area contributed by atoms with Gasteiger partial charge in [-0.2, -0.15) is 8.78 Å². The van der Waals surface area contributed by atoms with E-state index in [1.165, 1.54) is 18.2 Å². The highest BCUT2D eigenvalue weighted by Gasteiger charge is 2.38. The average Bonchev–Trinajstić information content (AvgIpc) is 3.03. The molecular weight excluding hydrogens is 382 g/mol. The minimum Gasteiger partial charge on any atom is -0.435 e. The van der Waals surface area contributed by atoms with E-state index >= 15 is 0 Å². The molecule has 0 bridgehead atoms. The van der Waals surface area contributed by atoms with Crippen LogP contribution in [0, 0.1) is 0 Å². The minimum atomic E-state index is -2.91. The summed E-state index contributed by atoms with van der Waals surface area (Å²) in [5.74, 6) is -0.415. The van der Waals surface area contributed by atoms with Crippen LogP contribution >= 0.6 is 0 Å². The van der Waals surface area contributed by atoms with Gasteiger partial charge in [-0.15, -0.1) is 0 Å². The molecule has 0 atom stereocenters. The van der Waals surface area contributed by atoms with Gasteiger partial charge in [0, 0.05) is 37.8 Å². The molecule has 2 aromatic rings.